The zero-order valence-corrected chi connectivity index (χ0v) is 10.9. The molecule has 1 aliphatic carbocycles. The van der Waals surface area contributed by atoms with Crippen LogP contribution in [0.3, 0.4) is 0 Å². The van der Waals surface area contributed by atoms with Crippen molar-refractivity contribution in [1.29, 1.82) is 0 Å². The fraction of sp³-hybridized carbons (Fsp3) is 0.429. The average molecular weight is 259 g/mol. The normalized spacial score (nSPS) is 14.6. The maximum atomic E-state index is 5.86. The lowest BCUT2D eigenvalue weighted by molar-refractivity contribution is 0.300. The SMILES string of the molecule is Cc1ccc(OCC2CC2)c(-c2noc(CN)n2)c1. The van der Waals surface area contributed by atoms with Crippen molar-refractivity contribution < 1.29 is 9.26 Å². The van der Waals surface area contributed by atoms with Crippen molar-refractivity contribution >= 4 is 0 Å². The molecule has 100 valence electrons. The molecule has 19 heavy (non-hydrogen) atoms. The van der Waals surface area contributed by atoms with Crippen LogP contribution in [0.15, 0.2) is 22.7 Å². The van der Waals surface area contributed by atoms with E-state index in [0.717, 1.165) is 23.5 Å². The molecule has 3 rings (SSSR count). The maximum absolute atomic E-state index is 5.86. The van der Waals surface area contributed by atoms with Gasteiger partial charge >= 0.3 is 0 Å². The summed E-state index contributed by atoms with van der Waals surface area (Å²) < 4.78 is 10.9. The van der Waals surface area contributed by atoms with E-state index in [2.05, 4.69) is 10.1 Å². The van der Waals surface area contributed by atoms with E-state index in [1.807, 2.05) is 25.1 Å². The quantitative estimate of drug-likeness (QED) is 0.891. The fourth-order valence-electron chi connectivity index (χ4n) is 1.88. The number of nitrogens with zero attached hydrogens (tertiary/aromatic N) is 2. The van der Waals surface area contributed by atoms with Crippen LogP contribution >= 0.6 is 0 Å². The first kappa shape index (κ1) is 12.2. The first-order chi connectivity index (χ1) is 9.26. The van der Waals surface area contributed by atoms with Crippen molar-refractivity contribution in [3.8, 4) is 17.1 Å². The molecule has 1 saturated carbocycles. The highest BCUT2D eigenvalue weighted by Gasteiger charge is 2.23. The van der Waals surface area contributed by atoms with E-state index >= 15 is 0 Å². The predicted octanol–water partition coefficient (Wildman–Crippen LogP) is 2.29. The Morgan fingerprint density at radius 1 is 1.42 bits per heavy atom. The van der Waals surface area contributed by atoms with Crippen LogP contribution in [0.4, 0.5) is 0 Å². The summed E-state index contributed by atoms with van der Waals surface area (Å²) in [5.74, 6) is 2.49. The van der Waals surface area contributed by atoms with E-state index in [4.69, 9.17) is 15.0 Å². The van der Waals surface area contributed by atoms with Gasteiger partial charge in [-0.25, -0.2) is 0 Å². The van der Waals surface area contributed by atoms with Crippen LogP contribution in [-0.4, -0.2) is 16.7 Å². The molecule has 0 aliphatic heterocycles. The van der Waals surface area contributed by atoms with Gasteiger partial charge in [-0.15, -0.1) is 0 Å². The molecule has 0 atom stereocenters. The van der Waals surface area contributed by atoms with Crippen molar-refractivity contribution in [2.45, 2.75) is 26.3 Å². The van der Waals surface area contributed by atoms with Crippen molar-refractivity contribution in [2.75, 3.05) is 6.61 Å². The first-order valence-corrected chi connectivity index (χ1v) is 6.52. The van der Waals surface area contributed by atoms with Crippen molar-refractivity contribution in [1.82, 2.24) is 10.1 Å². The summed E-state index contributed by atoms with van der Waals surface area (Å²) in [5.41, 5.74) is 7.49. The Labute approximate surface area is 111 Å². The minimum Gasteiger partial charge on any atom is -0.493 e. The largest absolute Gasteiger partial charge is 0.493 e. The number of ether oxygens (including phenoxy) is 1. The minimum atomic E-state index is 0.247. The zero-order valence-electron chi connectivity index (χ0n) is 10.9. The van der Waals surface area contributed by atoms with Gasteiger partial charge in [0.05, 0.1) is 18.7 Å². The molecule has 0 unspecified atom stereocenters. The summed E-state index contributed by atoms with van der Waals surface area (Å²) in [4.78, 5) is 4.26. The van der Waals surface area contributed by atoms with Gasteiger partial charge in [0.25, 0.3) is 0 Å². The van der Waals surface area contributed by atoms with Gasteiger partial charge in [0.1, 0.15) is 5.75 Å². The second-order valence-corrected chi connectivity index (χ2v) is 4.97. The van der Waals surface area contributed by atoms with Crippen LogP contribution in [0.25, 0.3) is 11.4 Å². The van der Waals surface area contributed by atoms with E-state index in [1.165, 1.54) is 12.8 Å². The number of nitrogens with two attached hydrogens (primary N) is 1. The van der Waals surface area contributed by atoms with Gasteiger partial charge in [-0.1, -0.05) is 16.8 Å². The number of aromatic nitrogens is 2. The highest BCUT2D eigenvalue weighted by atomic mass is 16.5. The van der Waals surface area contributed by atoms with Crippen LogP contribution in [0, 0.1) is 12.8 Å². The number of rotatable bonds is 5. The summed E-state index contributed by atoms with van der Waals surface area (Å²) in [6.45, 7) is 3.03. The molecule has 2 N–H and O–H groups in total. The third-order valence-electron chi connectivity index (χ3n) is 3.19. The van der Waals surface area contributed by atoms with Gasteiger partial charge in [-0.2, -0.15) is 4.98 Å². The van der Waals surface area contributed by atoms with Crippen LogP contribution in [0.5, 0.6) is 5.75 Å². The van der Waals surface area contributed by atoms with Crippen molar-refractivity contribution in [2.24, 2.45) is 11.7 Å². The molecular weight excluding hydrogens is 242 g/mol. The summed E-state index contributed by atoms with van der Waals surface area (Å²) in [6, 6.07) is 5.99. The van der Waals surface area contributed by atoms with E-state index in [1.54, 1.807) is 0 Å². The molecule has 0 amide bonds. The van der Waals surface area contributed by atoms with Gasteiger partial charge in [0, 0.05) is 0 Å². The van der Waals surface area contributed by atoms with Crippen LogP contribution < -0.4 is 10.5 Å². The number of benzene rings is 1. The molecule has 1 aromatic heterocycles. The molecule has 1 fully saturated rings. The molecule has 1 aromatic carbocycles. The van der Waals surface area contributed by atoms with Crippen LogP contribution in [0.1, 0.15) is 24.3 Å². The zero-order chi connectivity index (χ0) is 13.2. The Balaban J connectivity index is 1.89. The average Bonchev–Trinajstić information content (AvgIpc) is 3.13. The third kappa shape index (κ3) is 2.76. The van der Waals surface area contributed by atoms with E-state index in [9.17, 15) is 0 Å². The summed E-state index contributed by atoms with van der Waals surface area (Å²) in [5, 5.41) is 3.96. The number of aryl methyl sites for hydroxylation is 1. The van der Waals surface area contributed by atoms with Gasteiger partial charge in [-0.3, -0.25) is 0 Å². The lowest BCUT2D eigenvalue weighted by Crippen LogP contribution is -2.01. The van der Waals surface area contributed by atoms with E-state index in [-0.39, 0.29) is 6.54 Å². The molecule has 1 heterocycles. The lowest BCUT2D eigenvalue weighted by Gasteiger charge is -2.09. The highest BCUT2D eigenvalue weighted by Crippen LogP contribution is 2.33. The monoisotopic (exact) mass is 259 g/mol. The van der Waals surface area contributed by atoms with E-state index in [0.29, 0.717) is 17.6 Å². The molecule has 1 aliphatic rings. The molecule has 0 radical (unpaired) electrons. The second-order valence-electron chi connectivity index (χ2n) is 4.97. The van der Waals surface area contributed by atoms with Crippen LogP contribution in [0.2, 0.25) is 0 Å². The molecule has 5 nitrogen and oxygen atoms in total. The number of hydrogen-bond acceptors (Lipinski definition) is 5. The van der Waals surface area contributed by atoms with Crippen molar-refractivity contribution in [3.05, 3.63) is 29.7 Å². The Morgan fingerprint density at radius 2 is 2.26 bits per heavy atom. The first-order valence-electron chi connectivity index (χ1n) is 6.52. The van der Waals surface area contributed by atoms with Gasteiger partial charge in [0.2, 0.25) is 11.7 Å². The maximum Gasteiger partial charge on any atom is 0.240 e. The third-order valence-corrected chi connectivity index (χ3v) is 3.19. The smallest absolute Gasteiger partial charge is 0.240 e. The van der Waals surface area contributed by atoms with Gasteiger partial charge < -0.3 is 15.0 Å². The summed E-state index contributed by atoms with van der Waals surface area (Å²) >= 11 is 0. The predicted molar refractivity (Wildman–Crippen MR) is 70.6 cm³/mol. The molecular formula is C14H17N3O2. The van der Waals surface area contributed by atoms with Crippen LogP contribution in [-0.2, 0) is 6.54 Å². The topological polar surface area (TPSA) is 74.2 Å². The Hall–Kier alpha value is -1.88. The van der Waals surface area contributed by atoms with E-state index < -0.39 is 0 Å². The highest BCUT2D eigenvalue weighted by molar-refractivity contribution is 5.64. The van der Waals surface area contributed by atoms with Gasteiger partial charge in [0.15, 0.2) is 0 Å². The molecule has 0 saturated heterocycles. The molecule has 5 heteroatoms. The minimum absolute atomic E-state index is 0.247. The molecule has 0 bridgehead atoms. The van der Waals surface area contributed by atoms with Gasteiger partial charge in [-0.05, 0) is 37.8 Å². The number of hydrogen-bond donors (Lipinski definition) is 1. The second kappa shape index (κ2) is 5.01. The standard InChI is InChI=1S/C14H17N3O2/c1-9-2-5-12(18-8-10-3-4-10)11(6-9)14-16-13(7-15)19-17-14/h2,5-6,10H,3-4,7-8,15H2,1H3. The summed E-state index contributed by atoms with van der Waals surface area (Å²) in [6.07, 6.45) is 2.53. The Bertz CT molecular complexity index is 576. The Morgan fingerprint density at radius 3 is 2.95 bits per heavy atom. The Kier molecular flexibility index (Phi) is 3.21. The lowest BCUT2D eigenvalue weighted by atomic mass is 10.1. The molecule has 2 aromatic rings. The van der Waals surface area contributed by atoms with Crippen molar-refractivity contribution in [3.63, 3.8) is 0 Å². The fourth-order valence-corrected chi connectivity index (χ4v) is 1.88. The summed E-state index contributed by atoms with van der Waals surface area (Å²) in [7, 11) is 0. The molecule has 0 spiro atoms.